The number of aryl methyl sites for hydroxylation is 1. The molecule has 7 heteroatoms. The van der Waals surface area contributed by atoms with Gasteiger partial charge in [-0.3, -0.25) is 14.5 Å². The van der Waals surface area contributed by atoms with Crippen LogP contribution in [0.5, 0.6) is 0 Å². The highest BCUT2D eigenvalue weighted by atomic mass is 16.2. The third-order valence-electron chi connectivity index (χ3n) is 5.09. The van der Waals surface area contributed by atoms with Crippen LogP contribution in [0.2, 0.25) is 0 Å². The van der Waals surface area contributed by atoms with Crippen molar-refractivity contribution in [2.24, 2.45) is 11.7 Å². The van der Waals surface area contributed by atoms with E-state index in [-0.39, 0.29) is 23.8 Å². The molecule has 1 aliphatic heterocycles. The summed E-state index contributed by atoms with van der Waals surface area (Å²) in [5.74, 6) is 0.469. The summed E-state index contributed by atoms with van der Waals surface area (Å²) >= 11 is 0. The van der Waals surface area contributed by atoms with E-state index >= 15 is 0 Å². The lowest BCUT2D eigenvalue weighted by molar-refractivity contribution is -0.124. The zero-order valence-electron chi connectivity index (χ0n) is 15.4. The van der Waals surface area contributed by atoms with E-state index in [2.05, 4.69) is 26.3 Å². The Morgan fingerprint density at radius 3 is 2.77 bits per heavy atom. The molecule has 7 nitrogen and oxygen atoms in total. The van der Waals surface area contributed by atoms with Gasteiger partial charge in [-0.25, -0.2) is 4.98 Å². The van der Waals surface area contributed by atoms with Gasteiger partial charge >= 0.3 is 0 Å². The lowest BCUT2D eigenvalue weighted by Crippen LogP contribution is -2.44. The summed E-state index contributed by atoms with van der Waals surface area (Å²) in [6.45, 7) is 5.85. The number of H-pyrrole nitrogens is 1. The second kappa shape index (κ2) is 7.86. The number of hydrogen-bond acceptors (Lipinski definition) is 4. The van der Waals surface area contributed by atoms with Gasteiger partial charge < -0.3 is 16.0 Å². The number of carbonyl (C=O) groups is 2. The van der Waals surface area contributed by atoms with Crippen LogP contribution in [-0.4, -0.2) is 46.3 Å². The smallest absolute Gasteiger partial charge is 0.234 e. The van der Waals surface area contributed by atoms with Crippen molar-refractivity contribution < 1.29 is 9.59 Å². The third-order valence-corrected chi connectivity index (χ3v) is 5.09. The molecule has 0 radical (unpaired) electrons. The minimum Gasteiger partial charge on any atom is -0.369 e. The molecule has 0 bridgehead atoms. The first-order valence-electron chi connectivity index (χ1n) is 9.23. The molecule has 2 aromatic rings. The summed E-state index contributed by atoms with van der Waals surface area (Å²) in [5.41, 5.74) is 8.42. The molecule has 2 heterocycles. The predicted octanol–water partition coefficient (Wildman–Crippen LogP) is 1.64. The van der Waals surface area contributed by atoms with E-state index in [0.29, 0.717) is 6.54 Å². The average Bonchev–Trinajstić information content (AvgIpc) is 3.03. The average molecular weight is 357 g/mol. The number of amides is 2. The van der Waals surface area contributed by atoms with Crippen LogP contribution in [-0.2, 0) is 9.59 Å². The number of aromatic amines is 1. The first kappa shape index (κ1) is 18.4. The number of hydrogen-bond donors (Lipinski definition) is 3. The van der Waals surface area contributed by atoms with E-state index in [9.17, 15) is 9.59 Å². The molecule has 1 saturated heterocycles. The number of benzene rings is 1. The Morgan fingerprint density at radius 2 is 2.12 bits per heavy atom. The number of fused-ring (bicyclic) bond motifs is 1. The third kappa shape index (κ3) is 4.22. The molecule has 0 spiro atoms. The lowest BCUT2D eigenvalue weighted by Gasteiger charge is -2.30. The van der Waals surface area contributed by atoms with Crippen molar-refractivity contribution in [1.82, 2.24) is 20.2 Å². The molecule has 1 aromatic carbocycles. The van der Waals surface area contributed by atoms with Gasteiger partial charge in [-0.2, -0.15) is 0 Å². The molecule has 3 rings (SSSR count). The van der Waals surface area contributed by atoms with Crippen molar-refractivity contribution in [2.45, 2.75) is 39.2 Å². The number of likely N-dealkylation sites (tertiary alicyclic amines) is 1. The Hall–Kier alpha value is -2.41. The summed E-state index contributed by atoms with van der Waals surface area (Å²) < 4.78 is 0. The van der Waals surface area contributed by atoms with Gasteiger partial charge in [0.2, 0.25) is 11.8 Å². The van der Waals surface area contributed by atoms with Crippen molar-refractivity contribution >= 4 is 22.8 Å². The van der Waals surface area contributed by atoms with Crippen LogP contribution in [0, 0.1) is 12.8 Å². The first-order valence-corrected chi connectivity index (χ1v) is 9.23. The normalized spacial score (nSPS) is 17.3. The van der Waals surface area contributed by atoms with Crippen LogP contribution in [0.3, 0.4) is 0 Å². The molecule has 0 aliphatic carbocycles. The quantitative estimate of drug-likeness (QED) is 0.731. The van der Waals surface area contributed by atoms with E-state index in [0.717, 1.165) is 49.2 Å². The maximum atomic E-state index is 12.5. The van der Waals surface area contributed by atoms with Crippen LogP contribution in [0.1, 0.15) is 43.6 Å². The van der Waals surface area contributed by atoms with Crippen molar-refractivity contribution in [3.8, 4) is 0 Å². The van der Waals surface area contributed by atoms with Crippen LogP contribution >= 0.6 is 0 Å². The fourth-order valence-electron chi connectivity index (χ4n) is 3.49. The van der Waals surface area contributed by atoms with Crippen molar-refractivity contribution in [3.05, 3.63) is 29.6 Å². The molecule has 0 saturated carbocycles. The standard InChI is InChI=1S/C19H27N5O2/c1-3-14(19-22-15-5-4-12(2)10-16(15)23-19)21-17(25)11-24-8-6-13(7-9-24)18(20)26/h4-5,10,13-14H,3,6-9,11H2,1-2H3,(H2,20,26)(H,21,25)(H,22,23)/t14-/m1/s1. The van der Waals surface area contributed by atoms with Gasteiger partial charge in [-0.1, -0.05) is 13.0 Å². The number of nitrogens with one attached hydrogen (secondary N) is 2. The Labute approximate surface area is 153 Å². The van der Waals surface area contributed by atoms with Crippen LogP contribution in [0.4, 0.5) is 0 Å². The minimum absolute atomic E-state index is 0.0222. The number of nitrogens with zero attached hydrogens (tertiary/aromatic N) is 2. The Bertz CT molecular complexity index is 792. The van der Waals surface area contributed by atoms with Crippen LogP contribution < -0.4 is 11.1 Å². The highest BCUT2D eigenvalue weighted by molar-refractivity contribution is 5.79. The van der Waals surface area contributed by atoms with Crippen molar-refractivity contribution in [2.75, 3.05) is 19.6 Å². The maximum absolute atomic E-state index is 12.5. The van der Waals surface area contributed by atoms with E-state index in [1.54, 1.807) is 0 Å². The van der Waals surface area contributed by atoms with Crippen molar-refractivity contribution in [1.29, 1.82) is 0 Å². The minimum atomic E-state index is -0.236. The first-order chi connectivity index (χ1) is 12.5. The van der Waals surface area contributed by atoms with E-state index in [1.807, 2.05) is 26.0 Å². The number of primary amides is 1. The zero-order chi connectivity index (χ0) is 18.7. The van der Waals surface area contributed by atoms with Crippen molar-refractivity contribution in [3.63, 3.8) is 0 Å². The monoisotopic (exact) mass is 357 g/mol. The highest BCUT2D eigenvalue weighted by Crippen LogP contribution is 2.20. The molecular weight excluding hydrogens is 330 g/mol. The van der Waals surface area contributed by atoms with Gasteiger partial charge in [-0.05, 0) is 57.0 Å². The summed E-state index contributed by atoms with van der Waals surface area (Å²) in [6, 6.07) is 5.94. The molecule has 0 unspecified atom stereocenters. The topological polar surface area (TPSA) is 104 Å². The molecule has 4 N–H and O–H groups in total. The number of piperidine rings is 1. The van der Waals surface area contributed by atoms with Gasteiger partial charge in [0.15, 0.2) is 0 Å². The van der Waals surface area contributed by atoms with E-state index < -0.39 is 0 Å². The molecule has 2 amide bonds. The zero-order valence-corrected chi connectivity index (χ0v) is 15.4. The molecule has 140 valence electrons. The summed E-state index contributed by atoms with van der Waals surface area (Å²) in [4.78, 5) is 33.7. The predicted molar refractivity (Wildman–Crippen MR) is 100 cm³/mol. The van der Waals surface area contributed by atoms with Gasteiger partial charge in [0.05, 0.1) is 23.6 Å². The van der Waals surface area contributed by atoms with Crippen LogP contribution in [0.15, 0.2) is 18.2 Å². The summed E-state index contributed by atoms with van der Waals surface area (Å²) in [7, 11) is 0. The van der Waals surface area contributed by atoms with E-state index in [4.69, 9.17) is 5.73 Å². The van der Waals surface area contributed by atoms with E-state index in [1.165, 1.54) is 5.56 Å². The molecule has 26 heavy (non-hydrogen) atoms. The number of aromatic nitrogens is 2. The number of imidazole rings is 1. The number of rotatable bonds is 6. The Kier molecular flexibility index (Phi) is 5.56. The summed E-state index contributed by atoms with van der Waals surface area (Å²) in [5, 5.41) is 3.07. The lowest BCUT2D eigenvalue weighted by atomic mass is 9.96. The van der Waals surface area contributed by atoms with Gasteiger partial charge in [0, 0.05) is 5.92 Å². The SMILES string of the molecule is CC[C@@H](NC(=O)CN1CCC(C(N)=O)CC1)c1nc2ccc(C)cc2[nH]1. The number of nitrogens with two attached hydrogens (primary N) is 1. The Morgan fingerprint density at radius 1 is 1.38 bits per heavy atom. The molecular formula is C19H27N5O2. The molecule has 1 fully saturated rings. The van der Waals surface area contributed by atoms with Crippen LogP contribution in [0.25, 0.3) is 11.0 Å². The van der Waals surface area contributed by atoms with Gasteiger partial charge in [-0.15, -0.1) is 0 Å². The maximum Gasteiger partial charge on any atom is 0.234 e. The molecule has 1 atom stereocenters. The highest BCUT2D eigenvalue weighted by Gasteiger charge is 2.25. The summed E-state index contributed by atoms with van der Waals surface area (Å²) in [6.07, 6.45) is 2.21. The molecule has 1 aromatic heterocycles. The van der Waals surface area contributed by atoms with Gasteiger partial charge in [0.25, 0.3) is 0 Å². The fraction of sp³-hybridized carbons (Fsp3) is 0.526. The van der Waals surface area contributed by atoms with Gasteiger partial charge in [0.1, 0.15) is 5.82 Å². The number of carbonyl (C=O) groups excluding carboxylic acids is 2. The second-order valence-electron chi connectivity index (χ2n) is 7.12. The molecule has 1 aliphatic rings. The largest absolute Gasteiger partial charge is 0.369 e. The fourth-order valence-corrected chi connectivity index (χ4v) is 3.49. The second-order valence-corrected chi connectivity index (χ2v) is 7.12. The Balaban J connectivity index is 1.59.